The van der Waals surface area contributed by atoms with Crippen molar-refractivity contribution in [3.8, 4) is 0 Å². The van der Waals surface area contributed by atoms with E-state index in [2.05, 4.69) is 16.8 Å². The first kappa shape index (κ1) is 12.0. The number of likely N-dealkylation sites (N-methyl/N-ethyl adjacent to an activating group) is 1. The van der Waals surface area contributed by atoms with E-state index in [1.807, 2.05) is 6.07 Å². The van der Waals surface area contributed by atoms with Gasteiger partial charge in [0.05, 0.1) is 11.8 Å². The number of nitrogens with zero attached hydrogens (tertiary/aromatic N) is 2. The minimum Gasteiger partial charge on any atom is -0.396 e. The minimum absolute atomic E-state index is 0.315. The third kappa shape index (κ3) is 2.79. The minimum atomic E-state index is 0.315. The molecule has 1 aromatic rings. The molecular formula is C12H20N4O. The first-order valence-corrected chi connectivity index (χ1v) is 6.09. The van der Waals surface area contributed by atoms with Gasteiger partial charge in [0.25, 0.3) is 0 Å². The number of aromatic nitrogens is 1. The summed E-state index contributed by atoms with van der Waals surface area (Å²) in [4.78, 5) is 6.48. The average molecular weight is 236 g/mol. The van der Waals surface area contributed by atoms with E-state index < -0.39 is 0 Å². The number of pyridine rings is 1. The summed E-state index contributed by atoms with van der Waals surface area (Å²) >= 11 is 0. The zero-order chi connectivity index (χ0) is 12.3. The third-order valence-corrected chi connectivity index (χ3v) is 3.10. The Kier molecular flexibility index (Phi) is 3.68. The number of hydrogen-bond acceptors (Lipinski definition) is 5. The molecule has 0 aromatic carbocycles. The van der Waals surface area contributed by atoms with Crippen LogP contribution in [0.3, 0.4) is 0 Å². The average Bonchev–Trinajstić information content (AvgIpc) is 2.82. The molecule has 1 aliphatic rings. The van der Waals surface area contributed by atoms with Gasteiger partial charge in [-0.25, -0.2) is 4.98 Å². The number of rotatable bonds is 4. The van der Waals surface area contributed by atoms with E-state index in [9.17, 15) is 0 Å². The van der Waals surface area contributed by atoms with Crippen molar-refractivity contribution >= 4 is 17.3 Å². The molecule has 0 amide bonds. The Bertz CT molecular complexity index is 377. The van der Waals surface area contributed by atoms with Crippen molar-refractivity contribution in [2.45, 2.75) is 25.9 Å². The molecule has 1 atom stereocenters. The summed E-state index contributed by atoms with van der Waals surface area (Å²) in [5, 5.41) is 0. The van der Waals surface area contributed by atoms with E-state index in [1.54, 1.807) is 6.07 Å². The summed E-state index contributed by atoms with van der Waals surface area (Å²) < 4.78 is 5.64. The zero-order valence-electron chi connectivity index (χ0n) is 10.2. The van der Waals surface area contributed by atoms with Crippen molar-refractivity contribution < 1.29 is 4.74 Å². The van der Waals surface area contributed by atoms with E-state index in [1.165, 1.54) is 0 Å². The number of nitrogens with two attached hydrogens (primary N) is 2. The Labute approximate surface area is 102 Å². The van der Waals surface area contributed by atoms with Crippen LogP contribution in [0.2, 0.25) is 0 Å². The highest BCUT2D eigenvalue weighted by atomic mass is 16.5. The fourth-order valence-electron chi connectivity index (χ4n) is 2.07. The van der Waals surface area contributed by atoms with Crippen LogP contribution in [-0.2, 0) is 4.74 Å². The molecule has 1 aromatic heterocycles. The van der Waals surface area contributed by atoms with Crippen LogP contribution >= 0.6 is 0 Å². The summed E-state index contributed by atoms with van der Waals surface area (Å²) in [6.07, 6.45) is 2.59. The summed E-state index contributed by atoms with van der Waals surface area (Å²) in [6, 6.07) is 3.71. The van der Waals surface area contributed by atoms with Crippen molar-refractivity contribution in [3.63, 3.8) is 0 Å². The number of ether oxygens (including phenoxy) is 1. The van der Waals surface area contributed by atoms with Crippen LogP contribution in [0.15, 0.2) is 12.1 Å². The third-order valence-electron chi connectivity index (χ3n) is 3.10. The second-order valence-electron chi connectivity index (χ2n) is 4.32. The Morgan fingerprint density at radius 3 is 2.88 bits per heavy atom. The quantitative estimate of drug-likeness (QED) is 0.822. The second kappa shape index (κ2) is 5.23. The topological polar surface area (TPSA) is 77.4 Å². The Balaban J connectivity index is 2.08. The zero-order valence-corrected chi connectivity index (χ0v) is 10.2. The lowest BCUT2D eigenvalue weighted by atomic mass is 10.2. The molecule has 2 heterocycles. The summed E-state index contributed by atoms with van der Waals surface area (Å²) in [6.45, 7) is 4.73. The molecule has 94 valence electrons. The number of hydrogen-bond donors (Lipinski definition) is 2. The molecule has 4 N–H and O–H groups in total. The standard InChI is InChI=1S/C12H20N4O/c1-2-16(8-9-4-3-7-17-9)11-6-5-10(13)12(14)15-11/h5-6,9H,2-4,7-8,13H2,1H3,(H2,14,15). The molecule has 0 radical (unpaired) electrons. The van der Waals surface area contributed by atoms with Gasteiger partial charge in [-0.05, 0) is 31.9 Å². The van der Waals surface area contributed by atoms with Gasteiger partial charge in [0.2, 0.25) is 0 Å². The number of nitrogen functional groups attached to an aromatic ring is 2. The second-order valence-corrected chi connectivity index (χ2v) is 4.32. The van der Waals surface area contributed by atoms with Crippen LogP contribution in [0.4, 0.5) is 17.3 Å². The molecule has 0 bridgehead atoms. The Morgan fingerprint density at radius 2 is 2.29 bits per heavy atom. The molecular weight excluding hydrogens is 216 g/mol. The Morgan fingerprint density at radius 1 is 1.47 bits per heavy atom. The molecule has 1 unspecified atom stereocenters. The van der Waals surface area contributed by atoms with Gasteiger partial charge in [-0.3, -0.25) is 0 Å². The fourth-order valence-corrected chi connectivity index (χ4v) is 2.07. The largest absolute Gasteiger partial charge is 0.396 e. The Hall–Kier alpha value is -1.49. The van der Waals surface area contributed by atoms with Crippen LogP contribution in [0.25, 0.3) is 0 Å². The maximum absolute atomic E-state index is 5.73. The first-order valence-electron chi connectivity index (χ1n) is 6.09. The molecule has 5 heteroatoms. The first-order chi connectivity index (χ1) is 8.20. The van der Waals surface area contributed by atoms with Crippen LogP contribution in [-0.4, -0.2) is 30.8 Å². The molecule has 2 rings (SSSR count). The molecule has 1 fully saturated rings. The van der Waals surface area contributed by atoms with Crippen LogP contribution in [0.1, 0.15) is 19.8 Å². The lowest BCUT2D eigenvalue weighted by Gasteiger charge is -2.25. The van der Waals surface area contributed by atoms with E-state index in [0.717, 1.165) is 38.4 Å². The lowest BCUT2D eigenvalue weighted by molar-refractivity contribution is 0.115. The van der Waals surface area contributed by atoms with Crippen molar-refractivity contribution in [1.82, 2.24) is 4.98 Å². The normalized spacial score (nSPS) is 19.5. The highest BCUT2D eigenvalue weighted by Gasteiger charge is 2.19. The van der Waals surface area contributed by atoms with E-state index >= 15 is 0 Å². The maximum atomic E-state index is 5.73. The van der Waals surface area contributed by atoms with Gasteiger partial charge in [0.1, 0.15) is 11.6 Å². The van der Waals surface area contributed by atoms with Gasteiger partial charge in [-0.1, -0.05) is 0 Å². The predicted molar refractivity (Wildman–Crippen MR) is 69.9 cm³/mol. The van der Waals surface area contributed by atoms with Gasteiger partial charge in [0.15, 0.2) is 0 Å². The van der Waals surface area contributed by atoms with Crippen LogP contribution in [0.5, 0.6) is 0 Å². The van der Waals surface area contributed by atoms with Gasteiger partial charge in [0, 0.05) is 19.7 Å². The number of anilines is 3. The van der Waals surface area contributed by atoms with Gasteiger partial charge < -0.3 is 21.1 Å². The van der Waals surface area contributed by atoms with Crippen molar-refractivity contribution in [3.05, 3.63) is 12.1 Å². The summed E-state index contributed by atoms with van der Waals surface area (Å²) in [5.74, 6) is 1.27. The SMILES string of the molecule is CCN(CC1CCCO1)c1ccc(N)c(N)n1. The van der Waals surface area contributed by atoms with Crippen LogP contribution in [0, 0.1) is 0 Å². The molecule has 0 spiro atoms. The van der Waals surface area contributed by atoms with Gasteiger partial charge in [-0.15, -0.1) is 0 Å². The van der Waals surface area contributed by atoms with Crippen LogP contribution < -0.4 is 16.4 Å². The molecule has 1 saturated heterocycles. The van der Waals surface area contributed by atoms with E-state index in [4.69, 9.17) is 16.2 Å². The van der Waals surface area contributed by atoms with Gasteiger partial charge in [-0.2, -0.15) is 0 Å². The highest BCUT2D eigenvalue weighted by molar-refractivity contribution is 5.62. The van der Waals surface area contributed by atoms with E-state index in [0.29, 0.717) is 17.6 Å². The van der Waals surface area contributed by atoms with E-state index in [-0.39, 0.29) is 0 Å². The molecule has 17 heavy (non-hydrogen) atoms. The monoisotopic (exact) mass is 236 g/mol. The van der Waals surface area contributed by atoms with Crippen molar-refractivity contribution in [1.29, 1.82) is 0 Å². The smallest absolute Gasteiger partial charge is 0.149 e. The lowest BCUT2D eigenvalue weighted by Crippen LogP contribution is -2.32. The summed E-state index contributed by atoms with van der Waals surface area (Å²) in [5.41, 5.74) is 11.9. The van der Waals surface area contributed by atoms with Gasteiger partial charge >= 0.3 is 0 Å². The molecule has 1 aliphatic heterocycles. The summed E-state index contributed by atoms with van der Waals surface area (Å²) in [7, 11) is 0. The molecule has 0 aliphatic carbocycles. The highest BCUT2D eigenvalue weighted by Crippen LogP contribution is 2.20. The predicted octanol–water partition coefficient (Wildman–Crippen LogP) is 1.25. The molecule has 5 nitrogen and oxygen atoms in total. The van der Waals surface area contributed by atoms with Crippen molar-refractivity contribution in [2.75, 3.05) is 36.1 Å². The van der Waals surface area contributed by atoms with Crippen molar-refractivity contribution in [2.24, 2.45) is 0 Å². The molecule has 0 saturated carbocycles. The fraction of sp³-hybridized carbons (Fsp3) is 0.583. The maximum Gasteiger partial charge on any atom is 0.149 e.